The SMILES string of the molecule is CC(=O)NC1(C(C)(C)C)C=CC=CC1C(N)=O. The molecule has 0 bridgehead atoms. The molecular weight excluding hydrogens is 216 g/mol. The van der Waals surface area contributed by atoms with E-state index in [0.29, 0.717) is 0 Å². The Balaban J connectivity index is 3.29. The van der Waals surface area contributed by atoms with E-state index in [0.717, 1.165) is 0 Å². The lowest BCUT2D eigenvalue weighted by Gasteiger charge is -2.47. The lowest BCUT2D eigenvalue weighted by Crippen LogP contribution is -2.62. The fourth-order valence-corrected chi connectivity index (χ4v) is 2.27. The monoisotopic (exact) mass is 236 g/mol. The van der Waals surface area contributed by atoms with Crippen molar-refractivity contribution in [1.82, 2.24) is 5.32 Å². The lowest BCUT2D eigenvalue weighted by atomic mass is 9.64. The maximum absolute atomic E-state index is 11.6. The first-order valence-electron chi connectivity index (χ1n) is 5.65. The smallest absolute Gasteiger partial charge is 0.227 e. The zero-order chi connectivity index (χ0) is 13.3. The highest BCUT2D eigenvalue weighted by atomic mass is 16.2. The molecule has 1 aliphatic carbocycles. The van der Waals surface area contributed by atoms with Crippen molar-refractivity contribution in [2.75, 3.05) is 0 Å². The standard InChI is InChI=1S/C13H20N2O2/c1-9(16)15-13(12(2,3)4)8-6-5-7-10(13)11(14)17/h5-8,10H,1-4H3,(H2,14,17)(H,15,16). The third-order valence-electron chi connectivity index (χ3n) is 3.19. The van der Waals surface area contributed by atoms with Gasteiger partial charge >= 0.3 is 0 Å². The van der Waals surface area contributed by atoms with Crippen LogP contribution in [0.2, 0.25) is 0 Å². The van der Waals surface area contributed by atoms with Crippen LogP contribution in [0.1, 0.15) is 27.7 Å². The summed E-state index contributed by atoms with van der Waals surface area (Å²) in [6.45, 7) is 7.37. The van der Waals surface area contributed by atoms with E-state index in [9.17, 15) is 9.59 Å². The van der Waals surface area contributed by atoms with Gasteiger partial charge in [-0.2, -0.15) is 0 Å². The van der Waals surface area contributed by atoms with Gasteiger partial charge in [0.25, 0.3) is 0 Å². The highest BCUT2D eigenvalue weighted by Gasteiger charge is 2.49. The molecule has 0 aliphatic heterocycles. The first-order chi connectivity index (χ1) is 7.71. The van der Waals surface area contributed by atoms with Gasteiger partial charge in [-0.25, -0.2) is 0 Å². The summed E-state index contributed by atoms with van der Waals surface area (Å²) in [4.78, 5) is 23.0. The van der Waals surface area contributed by atoms with Gasteiger partial charge in [0.1, 0.15) is 0 Å². The third-order valence-corrected chi connectivity index (χ3v) is 3.19. The molecule has 2 amide bonds. The Morgan fingerprint density at radius 2 is 1.88 bits per heavy atom. The Labute approximate surface area is 102 Å². The third kappa shape index (κ3) is 2.40. The normalized spacial score (nSPS) is 27.9. The number of rotatable bonds is 2. The summed E-state index contributed by atoms with van der Waals surface area (Å²) in [6.07, 6.45) is 7.20. The van der Waals surface area contributed by atoms with Crippen LogP contribution < -0.4 is 11.1 Å². The van der Waals surface area contributed by atoms with Crippen LogP contribution >= 0.6 is 0 Å². The average molecular weight is 236 g/mol. The topological polar surface area (TPSA) is 72.2 Å². The fraction of sp³-hybridized carbons (Fsp3) is 0.538. The van der Waals surface area contributed by atoms with Crippen molar-refractivity contribution < 1.29 is 9.59 Å². The molecule has 0 radical (unpaired) electrons. The molecule has 0 aromatic rings. The Morgan fingerprint density at radius 1 is 1.29 bits per heavy atom. The zero-order valence-electron chi connectivity index (χ0n) is 10.8. The summed E-state index contributed by atoms with van der Waals surface area (Å²) in [5.74, 6) is -1.14. The molecule has 2 atom stereocenters. The van der Waals surface area contributed by atoms with Gasteiger partial charge in [0.15, 0.2) is 0 Å². The molecule has 0 saturated heterocycles. The van der Waals surface area contributed by atoms with Crippen LogP contribution in [0.5, 0.6) is 0 Å². The Bertz CT molecular complexity index is 391. The maximum Gasteiger partial charge on any atom is 0.227 e. The van der Waals surface area contributed by atoms with Gasteiger partial charge in [0.05, 0.1) is 11.5 Å². The Kier molecular flexibility index (Phi) is 3.45. The van der Waals surface area contributed by atoms with Crippen LogP contribution in [-0.2, 0) is 9.59 Å². The van der Waals surface area contributed by atoms with Crippen LogP contribution in [0.3, 0.4) is 0 Å². The molecule has 17 heavy (non-hydrogen) atoms. The number of hydrogen-bond acceptors (Lipinski definition) is 2. The first-order valence-corrected chi connectivity index (χ1v) is 5.65. The van der Waals surface area contributed by atoms with Gasteiger partial charge in [-0.15, -0.1) is 0 Å². The molecule has 1 aliphatic rings. The van der Waals surface area contributed by atoms with Crippen LogP contribution in [-0.4, -0.2) is 17.4 Å². The summed E-state index contributed by atoms with van der Waals surface area (Å²) in [5, 5.41) is 2.89. The molecule has 0 aromatic heterocycles. The Morgan fingerprint density at radius 3 is 2.29 bits per heavy atom. The second kappa shape index (κ2) is 4.35. The quantitative estimate of drug-likeness (QED) is 0.754. The van der Waals surface area contributed by atoms with Crippen molar-refractivity contribution in [2.24, 2.45) is 17.1 Å². The summed E-state index contributed by atoms with van der Waals surface area (Å²) in [6, 6.07) is 0. The van der Waals surface area contributed by atoms with Crippen LogP contribution in [0, 0.1) is 11.3 Å². The molecule has 0 saturated carbocycles. The summed E-state index contributed by atoms with van der Waals surface area (Å²) in [7, 11) is 0. The molecule has 94 valence electrons. The Hall–Kier alpha value is -1.58. The second-order valence-corrected chi connectivity index (χ2v) is 5.42. The van der Waals surface area contributed by atoms with Crippen molar-refractivity contribution in [3.8, 4) is 0 Å². The predicted octanol–water partition coefficient (Wildman–Crippen LogP) is 1.13. The number of nitrogens with two attached hydrogens (primary N) is 1. The highest BCUT2D eigenvalue weighted by molar-refractivity contribution is 5.84. The molecule has 4 nitrogen and oxygen atoms in total. The molecule has 0 aromatic carbocycles. The number of amides is 2. The number of hydrogen-bond donors (Lipinski definition) is 2. The average Bonchev–Trinajstić information content (AvgIpc) is 2.15. The number of primary amides is 1. The highest BCUT2D eigenvalue weighted by Crippen LogP contribution is 2.40. The molecule has 1 rings (SSSR count). The number of nitrogens with one attached hydrogen (secondary N) is 1. The molecule has 3 N–H and O–H groups in total. The predicted molar refractivity (Wildman–Crippen MR) is 67.0 cm³/mol. The number of allylic oxidation sites excluding steroid dienone is 2. The summed E-state index contributed by atoms with van der Waals surface area (Å²) < 4.78 is 0. The molecule has 2 unspecified atom stereocenters. The molecular formula is C13H20N2O2. The van der Waals surface area contributed by atoms with Crippen molar-refractivity contribution in [1.29, 1.82) is 0 Å². The minimum Gasteiger partial charge on any atom is -0.369 e. The van der Waals surface area contributed by atoms with Crippen LogP contribution in [0.25, 0.3) is 0 Å². The van der Waals surface area contributed by atoms with Crippen molar-refractivity contribution >= 4 is 11.8 Å². The summed E-state index contributed by atoms with van der Waals surface area (Å²) in [5.41, 5.74) is 4.36. The number of carbonyl (C=O) groups excluding carboxylic acids is 2. The maximum atomic E-state index is 11.6. The zero-order valence-corrected chi connectivity index (χ0v) is 10.8. The fourth-order valence-electron chi connectivity index (χ4n) is 2.27. The molecule has 0 heterocycles. The minimum absolute atomic E-state index is 0.175. The first kappa shape index (κ1) is 13.5. The van der Waals surface area contributed by atoms with Crippen LogP contribution in [0.4, 0.5) is 0 Å². The summed E-state index contributed by atoms with van der Waals surface area (Å²) >= 11 is 0. The van der Waals surface area contributed by atoms with Gasteiger partial charge in [0, 0.05) is 6.92 Å². The van der Waals surface area contributed by atoms with Gasteiger partial charge in [0.2, 0.25) is 11.8 Å². The van der Waals surface area contributed by atoms with Gasteiger partial charge in [-0.1, -0.05) is 45.1 Å². The lowest BCUT2D eigenvalue weighted by molar-refractivity contribution is -0.127. The number of carbonyl (C=O) groups is 2. The van der Waals surface area contributed by atoms with Crippen molar-refractivity contribution in [2.45, 2.75) is 33.2 Å². The van der Waals surface area contributed by atoms with E-state index in [1.807, 2.05) is 32.9 Å². The van der Waals surface area contributed by atoms with E-state index in [2.05, 4.69) is 5.32 Å². The van der Waals surface area contributed by atoms with Crippen molar-refractivity contribution in [3.63, 3.8) is 0 Å². The van der Waals surface area contributed by atoms with E-state index in [1.54, 1.807) is 12.2 Å². The van der Waals surface area contributed by atoms with E-state index in [-0.39, 0.29) is 11.3 Å². The largest absolute Gasteiger partial charge is 0.369 e. The van der Waals surface area contributed by atoms with Gasteiger partial charge < -0.3 is 11.1 Å². The van der Waals surface area contributed by atoms with E-state index < -0.39 is 17.4 Å². The van der Waals surface area contributed by atoms with E-state index in [4.69, 9.17) is 5.73 Å². The van der Waals surface area contributed by atoms with Gasteiger partial charge in [-0.3, -0.25) is 9.59 Å². The molecule has 4 heteroatoms. The van der Waals surface area contributed by atoms with Crippen molar-refractivity contribution in [3.05, 3.63) is 24.3 Å². The van der Waals surface area contributed by atoms with Crippen LogP contribution in [0.15, 0.2) is 24.3 Å². The minimum atomic E-state index is -0.764. The second-order valence-electron chi connectivity index (χ2n) is 5.42. The van der Waals surface area contributed by atoms with Gasteiger partial charge in [-0.05, 0) is 5.41 Å². The molecule has 0 fully saturated rings. The van der Waals surface area contributed by atoms with E-state index in [1.165, 1.54) is 6.92 Å². The van der Waals surface area contributed by atoms with E-state index >= 15 is 0 Å². The molecule has 0 spiro atoms.